The average Bonchev–Trinajstić information content (AvgIpc) is 2.84. The van der Waals surface area contributed by atoms with Crippen LogP contribution >= 0.6 is 0 Å². The van der Waals surface area contributed by atoms with E-state index in [0.29, 0.717) is 12.1 Å². The van der Waals surface area contributed by atoms with Gasteiger partial charge in [0.1, 0.15) is 0 Å². The monoisotopic (exact) mass is 453 g/mol. The van der Waals surface area contributed by atoms with E-state index in [1.165, 1.54) is 28.3 Å². The number of nitrogens with one attached hydrogen (secondary N) is 1. The minimum atomic E-state index is -0.996. The van der Waals surface area contributed by atoms with Crippen molar-refractivity contribution >= 4 is 23.6 Å². The predicted octanol–water partition coefficient (Wildman–Crippen LogP) is 6.89. The Morgan fingerprint density at radius 2 is 1.68 bits per heavy atom. The van der Waals surface area contributed by atoms with Gasteiger partial charge in [0.05, 0.1) is 5.41 Å². The van der Waals surface area contributed by atoms with Crippen molar-refractivity contribution in [1.29, 1.82) is 0 Å². The van der Waals surface area contributed by atoms with Gasteiger partial charge < -0.3 is 10.4 Å². The van der Waals surface area contributed by atoms with Crippen LogP contribution in [0, 0.1) is 12.3 Å². The van der Waals surface area contributed by atoms with Gasteiger partial charge >= 0.3 is 5.97 Å². The molecule has 1 amide bonds. The fourth-order valence-electron chi connectivity index (χ4n) is 4.95. The Balaban J connectivity index is 1.53. The van der Waals surface area contributed by atoms with Crippen molar-refractivity contribution in [3.8, 4) is 11.1 Å². The Kier molecular flexibility index (Phi) is 7.27. The third-order valence-electron chi connectivity index (χ3n) is 6.81. The van der Waals surface area contributed by atoms with Crippen LogP contribution in [0.15, 0.2) is 78.9 Å². The van der Waals surface area contributed by atoms with E-state index >= 15 is 0 Å². The molecule has 0 radical (unpaired) electrons. The maximum absolute atomic E-state index is 13.6. The Hall–Kier alpha value is -3.66. The van der Waals surface area contributed by atoms with Gasteiger partial charge in [0.25, 0.3) is 0 Å². The molecule has 0 spiro atoms. The summed E-state index contributed by atoms with van der Waals surface area (Å²) in [5.41, 5.74) is 5.84. The number of carbonyl (C=O) groups excluding carboxylic acids is 1. The Morgan fingerprint density at radius 3 is 2.38 bits per heavy atom. The highest BCUT2D eigenvalue weighted by atomic mass is 16.4. The predicted molar refractivity (Wildman–Crippen MR) is 138 cm³/mol. The lowest BCUT2D eigenvalue weighted by molar-refractivity contribution is -0.131. The van der Waals surface area contributed by atoms with Crippen molar-refractivity contribution in [3.05, 3.63) is 95.6 Å². The van der Waals surface area contributed by atoms with Gasteiger partial charge in [-0.15, -0.1) is 0 Å². The zero-order valence-electron chi connectivity index (χ0n) is 19.6. The SMILES string of the molecule is Cc1ccccc1-c1ccc(CC2(C(=O)Nc3cccc(/C=C/C(=O)O)c3)CCCCC2)cc1. The highest BCUT2D eigenvalue weighted by molar-refractivity contribution is 5.96. The van der Waals surface area contributed by atoms with Crippen LogP contribution in [0.25, 0.3) is 17.2 Å². The first kappa shape index (κ1) is 23.5. The summed E-state index contributed by atoms with van der Waals surface area (Å²) in [6.45, 7) is 2.12. The maximum Gasteiger partial charge on any atom is 0.328 e. The van der Waals surface area contributed by atoms with E-state index in [0.717, 1.165) is 43.7 Å². The molecule has 0 saturated heterocycles. The zero-order valence-corrected chi connectivity index (χ0v) is 19.6. The summed E-state index contributed by atoms with van der Waals surface area (Å²) in [5, 5.41) is 12.0. The number of rotatable bonds is 7. The van der Waals surface area contributed by atoms with Crippen LogP contribution in [0.2, 0.25) is 0 Å². The van der Waals surface area contributed by atoms with Gasteiger partial charge in [-0.05, 0) is 72.2 Å². The Bertz CT molecular complexity index is 1190. The van der Waals surface area contributed by atoms with E-state index in [2.05, 4.69) is 60.8 Å². The molecular formula is C30H31NO3. The largest absolute Gasteiger partial charge is 0.478 e. The number of aliphatic carboxylic acids is 1. The fraction of sp³-hybridized carbons (Fsp3) is 0.267. The molecule has 1 aliphatic carbocycles. The van der Waals surface area contributed by atoms with Crippen LogP contribution in [0.1, 0.15) is 48.8 Å². The lowest BCUT2D eigenvalue weighted by atomic mass is 9.69. The van der Waals surface area contributed by atoms with Gasteiger partial charge in [0, 0.05) is 11.8 Å². The number of amides is 1. The number of carboxylic acid groups (broad SMARTS) is 1. The quantitative estimate of drug-likeness (QED) is 0.383. The lowest BCUT2D eigenvalue weighted by Crippen LogP contribution is -2.40. The summed E-state index contributed by atoms with van der Waals surface area (Å²) in [6, 6.07) is 24.3. The number of hydrogen-bond donors (Lipinski definition) is 2. The minimum Gasteiger partial charge on any atom is -0.478 e. The second-order valence-electron chi connectivity index (χ2n) is 9.28. The van der Waals surface area contributed by atoms with E-state index < -0.39 is 11.4 Å². The standard InChI is InChI=1S/C30H31NO3/c1-22-8-3-4-11-27(22)25-15-12-24(13-16-25)21-30(18-5-2-6-19-30)29(34)31-26-10-7-9-23(20-26)14-17-28(32)33/h3-4,7-17,20H,2,5-6,18-19,21H2,1H3,(H,31,34)(H,32,33)/b17-14+. The number of aryl methyl sites for hydroxylation is 1. The molecule has 0 atom stereocenters. The molecule has 3 aromatic carbocycles. The van der Waals surface area contributed by atoms with Crippen LogP contribution in [0.5, 0.6) is 0 Å². The van der Waals surface area contributed by atoms with Gasteiger partial charge in [0.15, 0.2) is 0 Å². The second kappa shape index (κ2) is 10.5. The molecule has 0 aromatic heterocycles. The summed E-state index contributed by atoms with van der Waals surface area (Å²) >= 11 is 0. The second-order valence-corrected chi connectivity index (χ2v) is 9.28. The molecule has 4 rings (SSSR count). The van der Waals surface area contributed by atoms with Crippen molar-refractivity contribution in [1.82, 2.24) is 0 Å². The van der Waals surface area contributed by atoms with E-state index in [1.54, 1.807) is 0 Å². The average molecular weight is 454 g/mol. The van der Waals surface area contributed by atoms with E-state index in [9.17, 15) is 9.59 Å². The number of hydrogen-bond acceptors (Lipinski definition) is 2. The molecule has 0 aliphatic heterocycles. The Morgan fingerprint density at radius 1 is 0.941 bits per heavy atom. The molecule has 174 valence electrons. The summed E-state index contributed by atoms with van der Waals surface area (Å²) in [4.78, 5) is 24.4. The molecule has 1 saturated carbocycles. The van der Waals surface area contributed by atoms with Gasteiger partial charge in [-0.2, -0.15) is 0 Å². The molecule has 2 N–H and O–H groups in total. The van der Waals surface area contributed by atoms with Crippen LogP contribution in [-0.2, 0) is 16.0 Å². The summed E-state index contributed by atoms with van der Waals surface area (Å²) < 4.78 is 0. The number of carbonyl (C=O) groups is 2. The summed E-state index contributed by atoms with van der Waals surface area (Å²) in [6.07, 6.45) is 8.36. The molecule has 1 aliphatic rings. The molecule has 0 heterocycles. The van der Waals surface area contributed by atoms with E-state index in [-0.39, 0.29) is 5.91 Å². The topological polar surface area (TPSA) is 66.4 Å². The summed E-state index contributed by atoms with van der Waals surface area (Å²) in [5.74, 6) is -0.946. The van der Waals surface area contributed by atoms with Gasteiger partial charge in [0.2, 0.25) is 5.91 Å². The van der Waals surface area contributed by atoms with Gasteiger partial charge in [-0.25, -0.2) is 4.79 Å². The van der Waals surface area contributed by atoms with Crippen LogP contribution in [0.4, 0.5) is 5.69 Å². The Labute approximate surface area is 201 Å². The molecule has 1 fully saturated rings. The minimum absolute atomic E-state index is 0.0505. The molecule has 4 heteroatoms. The highest BCUT2D eigenvalue weighted by Crippen LogP contribution is 2.41. The smallest absolute Gasteiger partial charge is 0.328 e. The van der Waals surface area contributed by atoms with Crippen LogP contribution in [-0.4, -0.2) is 17.0 Å². The van der Waals surface area contributed by atoms with Gasteiger partial charge in [-0.1, -0.05) is 79.9 Å². The molecule has 34 heavy (non-hydrogen) atoms. The fourth-order valence-corrected chi connectivity index (χ4v) is 4.95. The molecular weight excluding hydrogens is 422 g/mol. The van der Waals surface area contributed by atoms with Crippen molar-refractivity contribution in [2.45, 2.75) is 45.4 Å². The third-order valence-corrected chi connectivity index (χ3v) is 6.81. The first-order chi connectivity index (χ1) is 16.4. The van der Waals surface area contributed by atoms with Crippen molar-refractivity contribution in [3.63, 3.8) is 0 Å². The van der Waals surface area contributed by atoms with Crippen LogP contribution < -0.4 is 5.32 Å². The van der Waals surface area contributed by atoms with E-state index in [4.69, 9.17) is 5.11 Å². The van der Waals surface area contributed by atoms with Crippen molar-refractivity contribution in [2.75, 3.05) is 5.32 Å². The highest BCUT2D eigenvalue weighted by Gasteiger charge is 2.39. The lowest BCUT2D eigenvalue weighted by Gasteiger charge is -2.36. The molecule has 0 bridgehead atoms. The maximum atomic E-state index is 13.6. The molecule has 4 nitrogen and oxygen atoms in total. The normalized spacial score (nSPS) is 15.2. The van der Waals surface area contributed by atoms with Gasteiger partial charge in [-0.3, -0.25) is 4.79 Å². The molecule has 0 unspecified atom stereocenters. The van der Waals surface area contributed by atoms with Crippen molar-refractivity contribution in [2.24, 2.45) is 5.41 Å². The van der Waals surface area contributed by atoms with Crippen molar-refractivity contribution < 1.29 is 14.7 Å². The van der Waals surface area contributed by atoms with E-state index in [1.807, 2.05) is 24.3 Å². The zero-order chi connectivity index (χ0) is 24.0. The number of benzene rings is 3. The number of carboxylic acids is 1. The third kappa shape index (κ3) is 5.63. The first-order valence-corrected chi connectivity index (χ1v) is 11.9. The molecule has 3 aromatic rings. The van der Waals surface area contributed by atoms with Crippen LogP contribution in [0.3, 0.4) is 0 Å². The summed E-state index contributed by atoms with van der Waals surface area (Å²) in [7, 11) is 0. The first-order valence-electron chi connectivity index (χ1n) is 11.9. The number of anilines is 1.